The number of hydrogen-bond donors (Lipinski definition) is 2. The first-order chi connectivity index (χ1) is 12.1. The Bertz CT molecular complexity index is 638. The van der Waals surface area contributed by atoms with Crippen molar-refractivity contribution in [2.24, 2.45) is 0 Å². The van der Waals surface area contributed by atoms with Crippen LogP contribution < -0.4 is 15.5 Å². The predicted octanol–water partition coefficient (Wildman–Crippen LogP) is 1.95. The van der Waals surface area contributed by atoms with E-state index in [1.807, 2.05) is 17.0 Å². The van der Waals surface area contributed by atoms with E-state index in [1.54, 1.807) is 17.0 Å². The first-order valence-electron chi connectivity index (χ1n) is 8.86. The SMILES string of the molecule is O=C(NCCC(=O)N1CCCC1)Nc1ccc(N2CCCC2=O)cc1. The Labute approximate surface area is 147 Å². The van der Waals surface area contributed by atoms with Crippen LogP contribution in [0.3, 0.4) is 0 Å². The summed E-state index contributed by atoms with van der Waals surface area (Å²) in [4.78, 5) is 39.1. The Morgan fingerprint density at radius 1 is 1.00 bits per heavy atom. The van der Waals surface area contributed by atoms with Crippen LogP contribution in [0.4, 0.5) is 16.2 Å². The summed E-state index contributed by atoms with van der Waals surface area (Å²) in [6.07, 6.45) is 3.94. The second-order valence-corrected chi connectivity index (χ2v) is 6.41. The van der Waals surface area contributed by atoms with E-state index in [9.17, 15) is 14.4 Å². The van der Waals surface area contributed by atoms with Crippen molar-refractivity contribution in [3.8, 4) is 0 Å². The highest BCUT2D eigenvalue weighted by atomic mass is 16.2. The van der Waals surface area contributed by atoms with E-state index in [0.29, 0.717) is 25.1 Å². The first kappa shape index (κ1) is 17.3. The Hall–Kier alpha value is -2.57. The minimum absolute atomic E-state index is 0.0948. The summed E-state index contributed by atoms with van der Waals surface area (Å²) in [6.45, 7) is 2.73. The van der Waals surface area contributed by atoms with Crippen molar-refractivity contribution in [3.63, 3.8) is 0 Å². The summed E-state index contributed by atoms with van der Waals surface area (Å²) >= 11 is 0. The molecule has 2 aliphatic heterocycles. The molecule has 0 aromatic heterocycles. The van der Waals surface area contributed by atoms with Crippen LogP contribution in [-0.2, 0) is 9.59 Å². The fraction of sp³-hybridized carbons (Fsp3) is 0.500. The van der Waals surface area contributed by atoms with Crippen LogP contribution in [-0.4, -0.2) is 48.9 Å². The Kier molecular flexibility index (Phi) is 5.53. The van der Waals surface area contributed by atoms with Gasteiger partial charge in [0.15, 0.2) is 0 Å². The highest BCUT2D eigenvalue weighted by Crippen LogP contribution is 2.22. The summed E-state index contributed by atoms with van der Waals surface area (Å²) in [5, 5.41) is 5.44. The molecule has 3 rings (SSSR count). The zero-order valence-electron chi connectivity index (χ0n) is 14.3. The smallest absolute Gasteiger partial charge is 0.319 e. The van der Waals surface area contributed by atoms with Crippen LogP contribution in [0.1, 0.15) is 32.1 Å². The Balaban J connectivity index is 1.41. The lowest BCUT2D eigenvalue weighted by Crippen LogP contribution is -2.34. The molecule has 4 amide bonds. The molecule has 0 saturated carbocycles. The van der Waals surface area contributed by atoms with Gasteiger partial charge in [0, 0.05) is 50.4 Å². The summed E-state index contributed by atoms with van der Waals surface area (Å²) in [5.74, 6) is 0.235. The van der Waals surface area contributed by atoms with E-state index in [-0.39, 0.29) is 17.8 Å². The highest BCUT2D eigenvalue weighted by Gasteiger charge is 2.21. The molecular weight excluding hydrogens is 320 g/mol. The first-order valence-corrected chi connectivity index (χ1v) is 8.86. The molecule has 2 heterocycles. The van der Waals surface area contributed by atoms with Crippen molar-refractivity contribution < 1.29 is 14.4 Å². The van der Waals surface area contributed by atoms with Gasteiger partial charge >= 0.3 is 6.03 Å². The van der Waals surface area contributed by atoms with E-state index in [0.717, 1.165) is 44.6 Å². The number of amides is 4. The minimum atomic E-state index is -0.334. The quantitative estimate of drug-likeness (QED) is 0.856. The van der Waals surface area contributed by atoms with E-state index in [1.165, 1.54) is 0 Å². The van der Waals surface area contributed by atoms with Gasteiger partial charge in [-0.05, 0) is 43.5 Å². The number of urea groups is 1. The lowest BCUT2D eigenvalue weighted by Gasteiger charge is -2.16. The molecule has 2 fully saturated rings. The fourth-order valence-corrected chi connectivity index (χ4v) is 3.23. The normalized spacial score (nSPS) is 17.0. The van der Waals surface area contributed by atoms with Crippen molar-refractivity contribution in [1.82, 2.24) is 10.2 Å². The van der Waals surface area contributed by atoms with Gasteiger partial charge in [-0.25, -0.2) is 4.79 Å². The average molecular weight is 344 g/mol. The molecule has 0 spiro atoms. The molecule has 0 unspecified atom stereocenters. The number of rotatable bonds is 5. The number of hydrogen-bond acceptors (Lipinski definition) is 3. The van der Waals surface area contributed by atoms with Gasteiger partial charge in [-0.1, -0.05) is 0 Å². The van der Waals surface area contributed by atoms with E-state index < -0.39 is 0 Å². The lowest BCUT2D eigenvalue weighted by molar-refractivity contribution is -0.130. The van der Waals surface area contributed by atoms with Crippen LogP contribution in [0.2, 0.25) is 0 Å². The maximum absolute atomic E-state index is 11.9. The molecule has 0 atom stereocenters. The molecule has 7 nitrogen and oxygen atoms in total. The maximum atomic E-state index is 11.9. The average Bonchev–Trinajstić information content (AvgIpc) is 3.27. The third-order valence-electron chi connectivity index (χ3n) is 4.59. The van der Waals surface area contributed by atoms with Gasteiger partial charge in [0.1, 0.15) is 0 Å². The third-order valence-corrected chi connectivity index (χ3v) is 4.59. The van der Waals surface area contributed by atoms with Gasteiger partial charge in [-0.15, -0.1) is 0 Å². The van der Waals surface area contributed by atoms with Crippen LogP contribution in [0.15, 0.2) is 24.3 Å². The lowest BCUT2D eigenvalue weighted by atomic mass is 10.2. The van der Waals surface area contributed by atoms with Gasteiger partial charge in [0.25, 0.3) is 0 Å². The summed E-state index contributed by atoms with van der Waals surface area (Å²) in [7, 11) is 0. The van der Waals surface area contributed by atoms with E-state index in [4.69, 9.17) is 0 Å². The van der Waals surface area contributed by atoms with Gasteiger partial charge in [-0.3, -0.25) is 9.59 Å². The largest absolute Gasteiger partial charge is 0.343 e. The molecule has 25 heavy (non-hydrogen) atoms. The monoisotopic (exact) mass is 344 g/mol. The molecule has 7 heteroatoms. The number of likely N-dealkylation sites (tertiary alicyclic amines) is 1. The molecule has 2 saturated heterocycles. The van der Waals surface area contributed by atoms with Crippen molar-refractivity contribution >= 4 is 29.2 Å². The highest BCUT2D eigenvalue weighted by molar-refractivity contribution is 5.96. The van der Waals surface area contributed by atoms with Crippen LogP contribution in [0, 0.1) is 0 Å². The fourth-order valence-electron chi connectivity index (χ4n) is 3.23. The standard InChI is InChI=1S/C18H24N4O3/c23-16(21-11-1-2-12-21)9-10-19-18(25)20-14-5-7-15(8-6-14)22-13-3-4-17(22)24/h5-8H,1-4,9-13H2,(H2,19,20,25). The van der Waals surface area contributed by atoms with Crippen LogP contribution >= 0.6 is 0 Å². The molecule has 0 bridgehead atoms. The molecule has 0 aliphatic carbocycles. The number of benzene rings is 1. The number of nitrogens with zero attached hydrogens (tertiary/aromatic N) is 2. The molecule has 0 radical (unpaired) electrons. The summed E-state index contributed by atoms with van der Waals surface area (Å²) in [6, 6.07) is 6.87. The second kappa shape index (κ2) is 8.00. The zero-order valence-corrected chi connectivity index (χ0v) is 14.3. The van der Waals surface area contributed by atoms with Crippen molar-refractivity contribution in [1.29, 1.82) is 0 Å². The van der Waals surface area contributed by atoms with Gasteiger partial charge in [0.05, 0.1) is 0 Å². The van der Waals surface area contributed by atoms with Crippen molar-refractivity contribution in [3.05, 3.63) is 24.3 Å². The molecule has 2 aliphatic rings. The van der Waals surface area contributed by atoms with Gasteiger partial charge in [-0.2, -0.15) is 0 Å². The second-order valence-electron chi connectivity index (χ2n) is 6.41. The predicted molar refractivity (Wildman–Crippen MR) is 95.5 cm³/mol. The van der Waals surface area contributed by atoms with Gasteiger partial charge < -0.3 is 20.4 Å². The minimum Gasteiger partial charge on any atom is -0.343 e. The topological polar surface area (TPSA) is 81.8 Å². The number of carbonyl (C=O) groups excluding carboxylic acids is 3. The Morgan fingerprint density at radius 2 is 1.72 bits per heavy atom. The zero-order chi connectivity index (χ0) is 17.6. The van der Waals surface area contributed by atoms with Crippen LogP contribution in [0.25, 0.3) is 0 Å². The molecule has 134 valence electrons. The van der Waals surface area contributed by atoms with Gasteiger partial charge in [0.2, 0.25) is 11.8 Å². The van der Waals surface area contributed by atoms with Crippen molar-refractivity contribution in [2.45, 2.75) is 32.1 Å². The molecule has 1 aromatic carbocycles. The number of nitrogens with one attached hydrogen (secondary N) is 2. The van der Waals surface area contributed by atoms with Crippen LogP contribution in [0.5, 0.6) is 0 Å². The summed E-state index contributed by atoms with van der Waals surface area (Å²) < 4.78 is 0. The number of carbonyl (C=O) groups is 3. The number of anilines is 2. The molecule has 1 aromatic rings. The Morgan fingerprint density at radius 3 is 2.36 bits per heavy atom. The van der Waals surface area contributed by atoms with E-state index >= 15 is 0 Å². The maximum Gasteiger partial charge on any atom is 0.319 e. The summed E-state index contributed by atoms with van der Waals surface area (Å²) in [5.41, 5.74) is 1.50. The van der Waals surface area contributed by atoms with Crippen molar-refractivity contribution in [2.75, 3.05) is 36.4 Å². The molecular formula is C18H24N4O3. The third kappa shape index (κ3) is 4.49. The molecule has 2 N–H and O–H groups in total. The van der Waals surface area contributed by atoms with E-state index in [2.05, 4.69) is 10.6 Å².